The quantitative estimate of drug-likeness (QED) is 0.548. The molecular formula is C18H24N2O4S. The van der Waals surface area contributed by atoms with Crippen LogP contribution in [0.5, 0.6) is 5.75 Å². The molecule has 2 rings (SSSR count). The number of hydrogen-bond donors (Lipinski definition) is 2. The number of hydrogen-bond acceptors (Lipinski definition) is 5. The van der Waals surface area contributed by atoms with Crippen LogP contribution in [0.2, 0.25) is 0 Å². The molecule has 25 heavy (non-hydrogen) atoms. The summed E-state index contributed by atoms with van der Waals surface area (Å²) >= 11 is 1.60. The lowest BCUT2D eigenvalue weighted by Gasteiger charge is -2.28. The van der Waals surface area contributed by atoms with E-state index in [1.54, 1.807) is 18.7 Å². The zero-order chi connectivity index (χ0) is 18.2. The molecule has 0 radical (unpaired) electrons. The van der Waals surface area contributed by atoms with Gasteiger partial charge >= 0.3 is 12.0 Å². The number of benzene rings is 1. The lowest BCUT2D eigenvalue weighted by Crippen LogP contribution is -2.45. The van der Waals surface area contributed by atoms with Crippen molar-refractivity contribution < 1.29 is 19.1 Å². The summed E-state index contributed by atoms with van der Waals surface area (Å²) < 4.78 is 10.9. The molecule has 7 heteroatoms. The molecule has 1 aliphatic rings. The molecule has 1 aromatic rings. The standard InChI is InChI=1S/C18H24N2O4S/c1-4-9-23-14-7-5-13(6-8-14)16-15(12(2)19-18(22)20-16)17(21)24-10-11-25-3/h5-8,16H,4,9-11H2,1-3H3,(H2,19,20,22). The van der Waals surface area contributed by atoms with E-state index in [0.29, 0.717) is 24.5 Å². The van der Waals surface area contributed by atoms with Gasteiger partial charge in [-0.3, -0.25) is 0 Å². The Hall–Kier alpha value is -2.15. The molecule has 0 saturated heterocycles. The van der Waals surface area contributed by atoms with Crippen molar-refractivity contribution in [3.8, 4) is 5.75 Å². The summed E-state index contributed by atoms with van der Waals surface area (Å²) in [4.78, 5) is 24.3. The van der Waals surface area contributed by atoms with Gasteiger partial charge in [0.1, 0.15) is 12.4 Å². The van der Waals surface area contributed by atoms with Crippen LogP contribution < -0.4 is 15.4 Å². The number of ether oxygens (including phenoxy) is 2. The molecule has 0 saturated carbocycles. The average molecular weight is 364 g/mol. The van der Waals surface area contributed by atoms with E-state index < -0.39 is 12.0 Å². The Morgan fingerprint density at radius 2 is 1.96 bits per heavy atom. The van der Waals surface area contributed by atoms with Gasteiger partial charge in [0.25, 0.3) is 0 Å². The third kappa shape index (κ3) is 5.16. The molecule has 1 aliphatic heterocycles. The first-order valence-corrected chi connectivity index (χ1v) is 9.63. The number of thioether (sulfide) groups is 1. The van der Waals surface area contributed by atoms with Gasteiger partial charge in [0.2, 0.25) is 0 Å². The second-order valence-corrected chi connectivity index (χ2v) is 6.60. The highest BCUT2D eigenvalue weighted by Crippen LogP contribution is 2.28. The van der Waals surface area contributed by atoms with Crippen molar-refractivity contribution in [2.75, 3.05) is 25.2 Å². The molecule has 2 N–H and O–H groups in total. The number of urea groups is 1. The van der Waals surface area contributed by atoms with Crippen LogP contribution in [0.4, 0.5) is 4.79 Å². The van der Waals surface area contributed by atoms with Crippen molar-refractivity contribution in [2.24, 2.45) is 0 Å². The predicted octanol–water partition coefficient (Wildman–Crippen LogP) is 3.01. The molecule has 0 fully saturated rings. The van der Waals surface area contributed by atoms with E-state index in [9.17, 15) is 9.59 Å². The first-order valence-electron chi connectivity index (χ1n) is 8.24. The number of rotatable bonds is 8. The zero-order valence-corrected chi connectivity index (χ0v) is 15.6. The maximum atomic E-state index is 12.5. The lowest BCUT2D eigenvalue weighted by molar-refractivity contribution is -0.138. The summed E-state index contributed by atoms with van der Waals surface area (Å²) in [6, 6.07) is 6.49. The van der Waals surface area contributed by atoms with Crippen LogP contribution in [0.15, 0.2) is 35.5 Å². The molecule has 1 aromatic carbocycles. The number of nitrogens with one attached hydrogen (secondary N) is 2. The number of amides is 2. The van der Waals surface area contributed by atoms with Gasteiger partial charge in [0, 0.05) is 11.4 Å². The maximum Gasteiger partial charge on any atom is 0.338 e. The van der Waals surface area contributed by atoms with E-state index in [0.717, 1.165) is 23.5 Å². The Balaban J connectivity index is 2.21. The third-order valence-electron chi connectivity index (χ3n) is 3.70. The first kappa shape index (κ1) is 19.2. The molecule has 1 heterocycles. The van der Waals surface area contributed by atoms with Gasteiger partial charge < -0.3 is 20.1 Å². The lowest BCUT2D eigenvalue weighted by atomic mass is 9.95. The van der Waals surface area contributed by atoms with Crippen molar-refractivity contribution in [3.63, 3.8) is 0 Å². The summed E-state index contributed by atoms with van der Waals surface area (Å²) in [6.45, 7) is 4.73. The molecule has 6 nitrogen and oxygen atoms in total. The Labute approximate surface area is 152 Å². The molecule has 0 bridgehead atoms. The first-order chi connectivity index (χ1) is 12.1. The second kappa shape index (κ2) is 9.36. The van der Waals surface area contributed by atoms with Crippen molar-refractivity contribution in [2.45, 2.75) is 26.3 Å². The maximum absolute atomic E-state index is 12.5. The highest BCUT2D eigenvalue weighted by atomic mass is 32.2. The van der Waals surface area contributed by atoms with Crippen LogP contribution in [0.25, 0.3) is 0 Å². The van der Waals surface area contributed by atoms with E-state index in [4.69, 9.17) is 9.47 Å². The van der Waals surface area contributed by atoms with Crippen LogP contribution in [-0.2, 0) is 9.53 Å². The SMILES string of the molecule is CCCOc1ccc(C2NC(=O)NC(C)=C2C(=O)OCCSC)cc1. The summed E-state index contributed by atoms with van der Waals surface area (Å²) in [5.41, 5.74) is 1.73. The van der Waals surface area contributed by atoms with Gasteiger partial charge in [-0.15, -0.1) is 0 Å². The van der Waals surface area contributed by atoms with Crippen molar-refractivity contribution in [1.29, 1.82) is 0 Å². The van der Waals surface area contributed by atoms with Crippen molar-refractivity contribution in [3.05, 3.63) is 41.1 Å². The van der Waals surface area contributed by atoms with Crippen LogP contribution in [0, 0.1) is 0 Å². The number of esters is 1. The molecule has 1 atom stereocenters. The van der Waals surface area contributed by atoms with Crippen molar-refractivity contribution in [1.82, 2.24) is 10.6 Å². The Kier molecular flexibility index (Phi) is 7.18. The minimum atomic E-state index is -0.546. The fraction of sp³-hybridized carbons (Fsp3) is 0.444. The van der Waals surface area contributed by atoms with Crippen molar-refractivity contribution >= 4 is 23.8 Å². The molecule has 0 aromatic heterocycles. The smallest absolute Gasteiger partial charge is 0.338 e. The molecule has 136 valence electrons. The van der Waals surface area contributed by atoms with Gasteiger partial charge in [-0.1, -0.05) is 19.1 Å². The normalized spacial score (nSPS) is 16.9. The molecular weight excluding hydrogens is 340 g/mol. The zero-order valence-electron chi connectivity index (χ0n) is 14.8. The van der Waals surface area contributed by atoms with Crippen LogP contribution in [0.3, 0.4) is 0 Å². The minimum Gasteiger partial charge on any atom is -0.494 e. The summed E-state index contributed by atoms with van der Waals surface area (Å²) in [7, 11) is 0. The van der Waals surface area contributed by atoms with E-state index >= 15 is 0 Å². The summed E-state index contributed by atoms with van der Waals surface area (Å²) in [6.07, 6.45) is 2.88. The number of carbonyl (C=O) groups is 2. The fourth-order valence-electron chi connectivity index (χ4n) is 2.49. The van der Waals surface area contributed by atoms with E-state index in [1.807, 2.05) is 37.4 Å². The van der Waals surface area contributed by atoms with Gasteiger partial charge in [-0.25, -0.2) is 9.59 Å². The number of carbonyl (C=O) groups excluding carboxylic acids is 2. The van der Waals surface area contributed by atoms with Gasteiger partial charge in [0.05, 0.1) is 18.2 Å². The Morgan fingerprint density at radius 1 is 1.24 bits per heavy atom. The van der Waals surface area contributed by atoms with Gasteiger partial charge in [-0.2, -0.15) is 11.8 Å². The molecule has 0 aliphatic carbocycles. The topological polar surface area (TPSA) is 76.7 Å². The van der Waals surface area contributed by atoms with Crippen LogP contribution in [0.1, 0.15) is 31.9 Å². The van der Waals surface area contributed by atoms with Crippen LogP contribution in [-0.4, -0.2) is 37.2 Å². The molecule has 2 amide bonds. The summed E-state index contributed by atoms with van der Waals surface area (Å²) in [5.74, 6) is 1.07. The highest BCUT2D eigenvalue weighted by molar-refractivity contribution is 7.98. The van der Waals surface area contributed by atoms with E-state index in [1.165, 1.54) is 0 Å². The average Bonchev–Trinajstić information content (AvgIpc) is 2.59. The number of allylic oxidation sites excluding steroid dienone is 1. The van der Waals surface area contributed by atoms with E-state index in [-0.39, 0.29) is 6.03 Å². The second-order valence-electron chi connectivity index (χ2n) is 5.62. The predicted molar refractivity (Wildman–Crippen MR) is 98.7 cm³/mol. The van der Waals surface area contributed by atoms with Crippen LogP contribution >= 0.6 is 11.8 Å². The van der Waals surface area contributed by atoms with E-state index in [2.05, 4.69) is 10.6 Å². The highest BCUT2D eigenvalue weighted by Gasteiger charge is 2.32. The molecule has 1 unspecified atom stereocenters. The Morgan fingerprint density at radius 3 is 2.60 bits per heavy atom. The minimum absolute atomic E-state index is 0.335. The molecule has 0 spiro atoms. The largest absolute Gasteiger partial charge is 0.494 e. The van der Waals surface area contributed by atoms with Gasteiger partial charge in [0.15, 0.2) is 0 Å². The fourth-order valence-corrected chi connectivity index (χ4v) is 2.74. The van der Waals surface area contributed by atoms with Gasteiger partial charge in [-0.05, 0) is 37.3 Å². The third-order valence-corrected chi connectivity index (χ3v) is 4.27. The monoisotopic (exact) mass is 364 g/mol. The Bertz CT molecular complexity index is 643. The summed E-state index contributed by atoms with van der Waals surface area (Å²) in [5, 5.41) is 5.43.